The topological polar surface area (TPSA) is 41.9 Å². The van der Waals surface area contributed by atoms with E-state index in [1.807, 2.05) is 18.2 Å². The molecule has 0 unspecified atom stereocenters. The highest BCUT2D eigenvalue weighted by atomic mass is 16.5. The summed E-state index contributed by atoms with van der Waals surface area (Å²) < 4.78 is 12.2. The first-order chi connectivity index (χ1) is 19.8. The summed E-state index contributed by atoms with van der Waals surface area (Å²) in [7, 11) is 0. The van der Waals surface area contributed by atoms with Crippen molar-refractivity contribution in [1.82, 2.24) is 4.90 Å². The van der Waals surface area contributed by atoms with E-state index in [4.69, 9.17) is 9.47 Å². The molecule has 1 fully saturated rings. The lowest BCUT2D eigenvalue weighted by molar-refractivity contribution is 0.248. The normalized spacial score (nSPS) is 18.8. The molecule has 1 N–H and O–H groups in total. The van der Waals surface area contributed by atoms with Gasteiger partial charge < -0.3 is 19.5 Å². The zero-order valence-electron chi connectivity index (χ0n) is 24.1. The first-order valence-electron chi connectivity index (χ1n) is 15.7. The van der Waals surface area contributed by atoms with Crippen LogP contribution in [0.25, 0.3) is 0 Å². The van der Waals surface area contributed by atoms with E-state index in [0.29, 0.717) is 6.61 Å². The Kier molecular flexibility index (Phi) is 10.8. The highest BCUT2D eigenvalue weighted by molar-refractivity contribution is 5.51. The van der Waals surface area contributed by atoms with E-state index in [9.17, 15) is 5.11 Å². The Bertz CT molecular complexity index is 1140. The van der Waals surface area contributed by atoms with Gasteiger partial charge in [-0.1, -0.05) is 87.4 Å². The number of rotatable bonds is 15. The maximum absolute atomic E-state index is 10.2. The molecular weight excluding hydrogens is 494 g/mol. The first kappa shape index (κ1) is 28.5. The number of nitrogens with zero attached hydrogens (tertiary/aromatic N) is 1. The van der Waals surface area contributed by atoms with Crippen molar-refractivity contribution in [3.8, 4) is 17.2 Å². The van der Waals surface area contributed by atoms with Crippen molar-refractivity contribution in [3.63, 3.8) is 0 Å². The summed E-state index contributed by atoms with van der Waals surface area (Å²) in [4.78, 5) is 2.63. The molecule has 3 aromatic rings. The number of hydrogen-bond acceptors (Lipinski definition) is 4. The van der Waals surface area contributed by atoms with Gasteiger partial charge in [-0.2, -0.15) is 0 Å². The largest absolute Gasteiger partial charge is 0.508 e. The Morgan fingerprint density at radius 2 is 1.40 bits per heavy atom. The average molecular weight is 542 g/mol. The van der Waals surface area contributed by atoms with Crippen LogP contribution in [0.3, 0.4) is 0 Å². The Morgan fingerprint density at radius 1 is 0.725 bits per heavy atom. The third-order valence-electron chi connectivity index (χ3n) is 8.70. The summed E-state index contributed by atoms with van der Waals surface area (Å²) in [5.74, 6) is 2.34. The lowest BCUT2D eigenvalue weighted by atomic mass is 9.76. The van der Waals surface area contributed by atoms with E-state index in [1.165, 1.54) is 95.0 Å². The molecule has 0 amide bonds. The molecular formula is C36H47NO3. The van der Waals surface area contributed by atoms with Crippen LogP contribution >= 0.6 is 0 Å². The lowest BCUT2D eigenvalue weighted by Crippen LogP contribution is -2.25. The third-order valence-corrected chi connectivity index (χ3v) is 8.70. The molecule has 3 aromatic carbocycles. The van der Waals surface area contributed by atoms with Gasteiger partial charge in [-0.05, 0) is 86.8 Å². The summed E-state index contributed by atoms with van der Waals surface area (Å²) in [6.07, 6.45) is 14.8. The number of ether oxygens (including phenoxy) is 2. The number of benzene rings is 3. The van der Waals surface area contributed by atoms with Gasteiger partial charge in [-0.15, -0.1) is 0 Å². The number of likely N-dealkylation sites (tertiary alicyclic amines) is 1. The highest BCUT2D eigenvalue weighted by Gasteiger charge is 2.33. The number of phenolic OH excluding ortho intramolecular Hbond substituents is 1. The van der Waals surface area contributed by atoms with Crippen LogP contribution in [0.4, 0.5) is 0 Å². The zero-order chi connectivity index (χ0) is 27.4. The van der Waals surface area contributed by atoms with Gasteiger partial charge >= 0.3 is 0 Å². The zero-order valence-corrected chi connectivity index (χ0v) is 24.1. The Hall–Kier alpha value is -2.98. The van der Waals surface area contributed by atoms with Crippen LogP contribution in [0.2, 0.25) is 0 Å². The summed E-state index contributed by atoms with van der Waals surface area (Å²) in [5.41, 5.74) is 3.50. The van der Waals surface area contributed by atoms with Gasteiger partial charge in [-0.3, -0.25) is 0 Å². The summed E-state index contributed by atoms with van der Waals surface area (Å²) in [6.45, 7) is 5.38. The molecule has 2 heterocycles. The van der Waals surface area contributed by atoms with Gasteiger partial charge in [0, 0.05) is 17.4 Å². The smallest absolute Gasteiger partial charge is 0.123 e. The van der Waals surface area contributed by atoms with Crippen molar-refractivity contribution in [2.75, 3.05) is 32.8 Å². The number of phenols is 1. The molecule has 2 aliphatic rings. The van der Waals surface area contributed by atoms with Crippen molar-refractivity contribution in [1.29, 1.82) is 0 Å². The number of fused-ring (bicyclic) bond motifs is 1. The van der Waals surface area contributed by atoms with E-state index in [1.54, 1.807) is 6.07 Å². The minimum Gasteiger partial charge on any atom is -0.508 e. The van der Waals surface area contributed by atoms with Gasteiger partial charge in [-0.25, -0.2) is 0 Å². The first-order valence-corrected chi connectivity index (χ1v) is 15.7. The van der Waals surface area contributed by atoms with Crippen molar-refractivity contribution in [2.45, 2.75) is 82.5 Å². The third kappa shape index (κ3) is 8.04. The van der Waals surface area contributed by atoms with E-state index >= 15 is 0 Å². The monoisotopic (exact) mass is 541 g/mol. The molecule has 40 heavy (non-hydrogen) atoms. The van der Waals surface area contributed by atoms with Crippen LogP contribution in [-0.2, 0) is 0 Å². The second-order valence-corrected chi connectivity index (χ2v) is 11.7. The maximum Gasteiger partial charge on any atom is 0.123 e. The predicted octanol–water partition coefficient (Wildman–Crippen LogP) is 8.69. The highest BCUT2D eigenvalue weighted by Crippen LogP contribution is 2.47. The molecule has 4 nitrogen and oxygen atoms in total. The second kappa shape index (κ2) is 15.1. The lowest BCUT2D eigenvalue weighted by Gasteiger charge is -2.34. The fourth-order valence-corrected chi connectivity index (χ4v) is 6.45. The molecule has 0 bridgehead atoms. The van der Waals surface area contributed by atoms with Crippen molar-refractivity contribution < 1.29 is 14.6 Å². The quantitative estimate of drug-likeness (QED) is 0.195. The Morgan fingerprint density at radius 3 is 2.12 bits per heavy atom. The fourth-order valence-electron chi connectivity index (χ4n) is 6.45. The van der Waals surface area contributed by atoms with Crippen LogP contribution in [0.1, 0.15) is 99.2 Å². The molecule has 5 rings (SSSR count). The predicted molar refractivity (Wildman–Crippen MR) is 164 cm³/mol. The summed E-state index contributed by atoms with van der Waals surface area (Å²) >= 11 is 0. The fraction of sp³-hybridized carbons (Fsp3) is 0.500. The molecule has 0 saturated carbocycles. The van der Waals surface area contributed by atoms with Gasteiger partial charge in [0.1, 0.15) is 17.2 Å². The van der Waals surface area contributed by atoms with Crippen molar-refractivity contribution >= 4 is 0 Å². The average Bonchev–Trinajstić information content (AvgIpc) is 3.51. The van der Waals surface area contributed by atoms with Crippen LogP contribution < -0.4 is 9.47 Å². The van der Waals surface area contributed by atoms with Gasteiger partial charge in [0.15, 0.2) is 0 Å². The van der Waals surface area contributed by atoms with Gasteiger partial charge in [0.2, 0.25) is 0 Å². The maximum atomic E-state index is 10.2. The minimum atomic E-state index is 0.109. The van der Waals surface area contributed by atoms with Crippen LogP contribution in [0, 0.1) is 0 Å². The second-order valence-electron chi connectivity index (χ2n) is 11.7. The molecule has 0 spiro atoms. The molecule has 1 saturated heterocycles. The summed E-state index contributed by atoms with van der Waals surface area (Å²) in [5, 5.41) is 10.2. The van der Waals surface area contributed by atoms with Gasteiger partial charge in [0.25, 0.3) is 0 Å². The molecule has 2 atom stereocenters. The van der Waals surface area contributed by atoms with Crippen LogP contribution in [-0.4, -0.2) is 42.9 Å². The van der Waals surface area contributed by atoms with E-state index in [0.717, 1.165) is 30.1 Å². The Labute approximate surface area is 241 Å². The van der Waals surface area contributed by atoms with E-state index in [-0.39, 0.29) is 17.6 Å². The molecule has 0 aromatic heterocycles. The molecule has 214 valence electrons. The van der Waals surface area contributed by atoms with Gasteiger partial charge in [0.05, 0.1) is 13.2 Å². The molecule has 4 heteroatoms. The van der Waals surface area contributed by atoms with E-state index in [2.05, 4.69) is 53.4 Å². The number of hydrogen-bond donors (Lipinski definition) is 1. The van der Waals surface area contributed by atoms with Crippen molar-refractivity contribution in [3.05, 3.63) is 89.5 Å². The van der Waals surface area contributed by atoms with E-state index < -0.39 is 0 Å². The molecule has 0 aliphatic carbocycles. The SMILES string of the molecule is Oc1ccc2c(c1)[C@@H](c1ccc(OCCCCCCCCCCCN3CCCC3)cc1)[C@@H](c1ccccc1)CO2. The number of unbranched alkanes of at least 4 members (excludes halogenated alkanes) is 8. The van der Waals surface area contributed by atoms with Crippen LogP contribution in [0.5, 0.6) is 17.2 Å². The standard InChI is InChI=1S/C36H47NO3/c38-31-19-22-35-33(27-31)36(34(28-40-35)29-15-9-8-10-16-29)30-17-20-32(21-18-30)39-26-14-7-5-3-1-2-4-6-11-23-37-24-12-13-25-37/h8-10,15-22,27,34,36,38H,1-7,11-14,23-26,28H2/t34-,36-/m1/s1. The van der Waals surface area contributed by atoms with Crippen molar-refractivity contribution in [2.24, 2.45) is 0 Å². The Balaban J connectivity index is 1.03. The minimum absolute atomic E-state index is 0.109. The number of aromatic hydroxyl groups is 1. The summed E-state index contributed by atoms with van der Waals surface area (Å²) in [6, 6.07) is 24.5. The van der Waals surface area contributed by atoms with Crippen LogP contribution in [0.15, 0.2) is 72.8 Å². The molecule has 2 aliphatic heterocycles. The molecule has 0 radical (unpaired) electrons.